The summed E-state index contributed by atoms with van der Waals surface area (Å²) in [6.07, 6.45) is 9.05. The highest BCUT2D eigenvalue weighted by molar-refractivity contribution is 5.99. The smallest absolute Gasteiger partial charge is 0.313 e. The van der Waals surface area contributed by atoms with Gasteiger partial charge in [0, 0.05) is 12.1 Å². The lowest BCUT2D eigenvalue weighted by molar-refractivity contribution is -0.163. The minimum Gasteiger partial charge on any atom is -0.461 e. The fourth-order valence-electron chi connectivity index (χ4n) is 7.28. The zero-order chi connectivity index (χ0) is 26.7. The van der Waals surface area contributed by atoms with Crippen molar-refractivity contribution in [2.45, 2.75) is 96.6 Å². The number of carbonyl (C=O) groups is 3. The van der Waals surface area contributed by atoms with Gasteiger partial charge in [-0.3, -0.25) is 14.4 Å². The molecule has 0 radical (unpaired) electrons. The average Bonchev–Trinajstić information content (AvgIpc) is 3.05. The lowest BCUT2D eigenvalue weighted by Crippen LogP contribution is -2.62. The summed E-state index contributed by atoms with van der Waals surface area (Å²) in [4.78, 5) is 45.4. The van der Waals surface area contributed by atoms with Crippen LogP contribution in [-0.2, 0) is 23.9 Å². The third-order valence-electron chi connectivity index (χ3n) is 8.40. The molecule has 2 fully saturated rings. The molecule has 0 aromatic heterocycles. The molecule has 4 heterocycles. The van der Waals surface area contributed by atoms with E-state index in [1.165, 1.54) is 4.90 Å². The monoisotopic (exact) mass is 502 g/mol. The third-order valence-corrected chi connectivity index (χ3v) is 8.40. The quantitative estimate of drug-likeness (QED) is 0.443. The van der Waals surface area contributed by atoms with Gasteiger partial charge in [0.05, 0.1) is 18.6 Å². The summed E-state index contributed by atoms with van der Waals surface area (Å²) in [7, 11) is 0. The number of nitrogens with zero attached hydrogens (tertiary/aromatic N) is 2. The molecule has 4 aliphatic rings. The molecule has 4 aliphatic heterocycles. The lowest BCUT2D eigenvalue weighted by atomic mass is 9.73. The first kappa shape index (κ1) is 26.9. The summed E-state index contributed by atoms with van der Waals surface area (Å²) < 4.78 is 12.3. The summed E-state index contributed by atoms with van der Waals surface area (Å²) in [6, 6.07) is -1.55. The van der Waals surface area contributed by atoms with Crippen molar-refractivity contribution in [1.29, 1.82) is 0 Å². The first-order chi connectivity index (χ1) is 16.8. The zero-order valence-corrected chi connectivity index (χ0v) is 22.7. The molecule has 8 nitrogen and oxygen atoms in total. The van der Waals surface area contributed by atoms with Gasteiger partial charge in [-0.25, -0.2) is 0 Å². The molecular weight excluding hydrogens is 460 g/mol. The van der Waals surface area contributed by atoms with Gasteiger partial charge in [0.2, 0.25) is 11.8 Å². The van der Waals surface area contributed by atoms with Crippen LogP contribution in [0.15, 0.2) is 24.3 Å². The van der Waals surface area contributed by atoms with Crippen LogP contribution in [0.3, 0.4) is 0 Å². The first-order valence-electron chi connectivity index (χ1n) is 13.3. The van der Waals surface area contributed by atoms with E-state index in [9.17, 15) is 19.5 Å². The topological polar surface area (TPSA) is 96.4 Å². The van der Waals surface area contributed by atoms with Crippen LogP contribution in [0.2, 0.25) is 0 Å². The minimum atomic E-state index is -1.33. The molecule has 1 N–H and O–H groups in total. The van der Waals surface area contributed by atoms with Crippen LogP contribution in [-0.4, -0.2) is 81.3 Å². The number of cyclic esters (lactones) is 1. The number of amides is 2. The molecule has 200 valence electrons. The predicted octanol–water partition coefficient (Wildman–Crippen LogP) is 2.84. The maximum Gasteiger partial charge on any atom is 0.313 e. The van der Waals surface area contributed by atoms with E-state index in [0.29, 0.717) is 19.4 Å². The fraction of sp³-hybridized carbons (Fsp3) is 0.750. The van der Waals surface area contributed by atoms with E-state index in [0.717, 1.165) is 6.42 Å². The summed E-state index contributed by atoms with van der Waals surface area (Å²) in [6.45, 7) is 14.6. The zero-order valence-electron chi connectivity index (χ0n) is 22.7. The van der Waals surface area contributed by atoms with E-state index in [1.54, 1.807) is 6.08 Å². The van der Waals surface area contributed by atoms with E-state index in [4.69, 9.17) is 9.47 Å². The van der Waals surface area contributed by atoms with Crippen LogP contribution < -0.4 is 0 Å². The number of fused-ring (bicyclic) bond motifs is 2. The van der Waals surface area contributed by atoms with Crippen molar-refractivity contribution < 1.29 is 29.0 Å². The van der Waals surface area contributed by atoms with Crippen LogP contribution in [0.1, 0.15) is 67.7 Å². The van der Waals surface area contributed by atoms with Crippen molar-refractivity contribution in [2.75, 3.05) is 19.8 Å². The summed E-state index contributed by atoms with van der Waals surface area (Å²) in [5, 5.41) is 10.2. The molecule has 2 amide bonds. The summed E-state index contributed by atoms with van der Waals surface area (Å²) >= 11 is 0. The molecule has 0 bridgehead atoms. The molecule has 1 unspecified atom stereocenters. The van der Waals surface area contributed by atoms with Gasteiger partial charge in [-0.15, -0.1) is 0 Å². The number of hydrogen-bond donors (Lipinski definition) is 1. The number of hydrogen-bond acceptors (Lipinski definition) is 6. The Morgan fingerprint density at radius 1 is 1.06 bits per heavy atom. The van der Waals surface area contributed by atoms with Crippen molar-refractivity contribution in [3.05, 3.63) is 24.3 Å². The highest BCUT2D eigenvalue weighted by Crippen LogP contribution is 2.59. The Balaban J connectivity index is 1.90. The van der Waals surface area contributed by atoms with Crippen LogP contribution >= 0.6 is 0 Å². The van der Waals surface area contributed by atoms with E-state index in [-0.39, 0.29) is 30.4 Å². The molecular formula is C28H42N2O6. The Kier molecular flexibility index (Phi) is 6.70. The van der Waals surface area contributed by atoms with Crippen molar-refractivity contribution in [2.24, 2.45) is 17.3 Å². The van der Waals surface area contributed by atoms with Gasteiger partial charge < -0.3 is 24.4 Å². The Labute approximate surface area is 214 Å². The maximum absolute atomic E-state index is 14.5. The molecule has 6 atom stereocenters. The van der Waals surface area contributed by atoms with Crippen molar-refractivity contribution in [3.8, 4) is 0 Å². The van der Waals surface area contributed by atoms with Gasteiger partial charge in [-0.2, -0.15) is 0 Å². The highest BCUT2D eigenvalue weighted by Gasteiger charge is 2.76. The number of ether oxygens (including phenoxy) is 2. The molecule has 0 saturated carbocycles. The van der Waals surface area contributed by atoms with Crippen molar-refractivity contribution >= 4 is 17.8 Å². The van der Waals surface area contributed by atoms with Gasteiger partial charge in [-0.1, -0.05) is 52.8 Å². The van der Waals surface area contributed by atoms with E-state index < -0.39 is 46.6 Å². The van der Waals surface area contributed by atoms with Crippen LogP contribution in [0.4, 0.5) is 0 Å². The molecule has 0 aliphatic carbocycles. The minimum absolute atomic E-state index is 0.0276. The first-order valence-corrected chi connectivity index (χ1v) is 13.3. The van der Waals surface area contributed by atoms with Crippen LogP contribution in [0.25, 0.3) is 0 Å². The highest BCUT2D eigenvalue weighted by atomic mass is 16.6. The Bertz CT molecular complexity index is 977. The number of carbonyl (C=O) groups excluding carboxylic acids is 3. The Morgan fingerprint density at radius 2 is 1.75 bits per heavy atom. The largest absolute Gasteiger partial charge is 0.461 e. The second-order valence-corrected chi connectivity index (χ2v) is 12.5. The average molecular weight is 503 g/mol. The number of esters is 1. The van der Waals surface area contributed by atoms with Crippen LogP contribution in [0.5, 0.6) is 0 Å². The molecule has 36 heavy (non-hydrogen) atoms. The molecule has 0 aromatic carbocycles. The third kappa shape index (κ3) is 3.92. The Morgan fingerprint density at radius 3 is 2.33 bits per heavy atom. The summed E-state index contributed by atoms with van der Waals surface area (Å²) in [5.41, 5.74) is -2.90. The second kappa shape index (κ2) is 8.98. The fourth-order valence-corrected chi connectivity index (χ4v) is 7.28. The van der Waals surface area contributed by atoms with Gasteiger partial charge >= 0.3 is 5.97 Å². The standard InChI is InChI=1S/C28H42N2O6/c1-8-18(16-31)30-21-23(33)29(26(6,7)17-25(3,4)5)14-10-13-28(21)19(22(30)32)20-24(34)35-15-11-12-27(20,9-2)36-28/h10-13,18-21,31H,8-9,14-17H2,1-7H3/t18-,19-,20-,21?,27+,28-/m0/s1. The number of aliphatic hydroxyl groups excluding tert-OH is 1. The maximum atomic E-state index is 14.5. The molecule has 8 heteroatoms. The molecule has 0 aromatic rings. The predicted molar refractivity (Wildman–Crippen MR) is 135 cm³/mol. The summed E-state index contributed by atoms with van der Waals surface area (Å²) in [5.74, 6) is -2.81. The van der Waals surface area contributed by atoms with Crippen LogP contribution in [0, 0.1) is 17.3 Å². The van der Waals surface area contributed by atoms with Crippen molar-refractivity contribution in [3.63, 3.8) is 0 Å². The number of aliphatic hydroxyl groups is 1. The van der Waals surface area contributed by atoms with Crippen molar-refractivity contribution in [1.82, 2.24) is 9.80 Å². The second-order valence-electron chi connectivity index (χ2n) is 12.5. The lowest BCUT2D eigenvalue weighted by Gasteiger charge is -2.45. The molecule has 2 saturated heterocycles. The molecule has 4 rings (SSSR count). The van der Waals surface area contributed by atoms with Gasteiger partial charge in [0.25, 0.3) is 0 Å². The molecule has 1 spiro atoms. The SMILES string of the molecule is CC[C@@H](CO)N1C(=O)[C@@H]2[C@H]3C(=O)OCC=C[C@@]3(CC)O[C@@]23C=CCN(C(C)(C)CC(C)(C)C)C(=O)C13. The normalized spacial score (nSPS) is 35.2. The van der Waals surface area contributed by atoms with Gasteiger partial charge in [0.1, 0.15) is 29.8 Å². The van der Waals surface area contributed by atoms with Gasteiger partial charge in [0.15, 0.2) is 0 Å². The van der Waals surface area contributed by atoms with E-state index in [1.807, 2.05) is 37.0 Å². The number of likely N-dealkylation sites (tertiary alicyclic amines) is 1. The number of rotatable bonds is 6. The van der Waals surface area contributed by atoms with Gasteiger partial charge in [-0.05, 0) is 44.6 Å². The Hall–Kier alpha value is -2.19. The van der Waals surface area contributed by atoms with E-state index >= 15 is 0 Å². The van der Waals surface area contributed by atoms with E-state index in [2.05, 4.69) is 34.6 Å².